The Bertz CT molecular complexity index is 912. The van der Waals surface area contributed by atoms with E-state index in [1.807, 2.05) is 6.07 Å². The lowest BCUT2D eigenvalue weighted by atomic mass is 10.2. The number of rotatable bonds is 8. The minimum Gasteiger partial charge on any atom is -0.497 e. The lowest BCUT2D eigenvalue weighted by Gasteiger charge is -2.09. The SMILES string of the molecule is COc1cc(OC)cc(C(=O)NCC(=O)OCC(=O)Nc2ccc(C#N)cc2)c1. The summed E-state index contributed by atoms with van der Waals surface area (Å²) in [6.07, 6.45) is 0. The molecule has 0 atom stereocenters. The lowest BCUT2D eigenvalue weighted by molar-refractivity contribution is -0.146. The van der Waals surface area contributed by atoms with Gasteiger partial charge in [0.2, 0.25) is 0 Å². The predicted octanol–water partition coefficient (Wildman–Crippen LogP) is 1.49. The topological polar surface area (TPSA) is 127 Å². The number of hydrogen-bond donors (Lipinski definition) is 2. The number of esters is 1. The van der Waals surface area contributed by atoms with Crippen LogP contribution in [-0.4, -0.2) is 45.2 Å². The van der Waals surface area contributed by atoms with Gasteiger partial charge in [0.15, 0.2) is 6.61 Å². The summed E-state index contributed by atoms with van der Waals surface area (Å²) in [4.78, 5) is 35.8. The molecule has 2 amide bonds. The van der Waals surface area contributed by atoms with Gasteiger partial charge in [0.05, 0.1) is 25.9 Å². The van der Waals surface area contributed by atoms with E-state index in [4.69, 9.17) is 19.5 Å². The van der Waals surface area contributed by atoms with Crippen LogP contribution in [0.1, 0.15) is 15.9 Å². The number of benzene rings is 2. The van der Waals surface area contributed by atoms with E-state index < -0.39 is 30.9 Å². The largest absolute Gasteiger partial charge is 0.497 e. The van der Waals surface area contributed by atoms with Crippen LogP contribution < -0.4 is 20.1 Å². The Morgan fingerprint density at radius 1 is 1.00 bits per heavy atom. The molecule has 0 bridgehead atoms. The molecule has 0 heterocycles. The summed E-state index contributed by atoms with van der Waals surface area (Å²) in [5, 5.41) is 13.7. The Labute approximate surface area is 167 Å². The minimum atomic E-state index is -0.775. The van der Waals surface area contributed by atoms with Crippen LogP contribution >= 0.6 is 0 Å². The Hall–Kier alpha value is -4.06. The van der Waals surface area contributed by atoms with Crippen molar-refractivity contribution in [2.45, 2.75) is 0 Å². The molecule has 2 rings (SSSR count). The Kier molecular flexibility index (Phi) is 7.56. The molecule has 0 unspecified atom stereocenters. The molecule has 29 heavy (non-hydrogen) atoms. The number of hydrogen-bond acceptors (Lipinski definition) is 7. The summed E-state index contributed by atoms with van der Waals surface area (Å²) < 4.78 is 15.0. The van der Waals surface area contributed by atoms with Crippen molar-refractivity contribution in [1.82, 2.24) is 5.32 Å². The van der Waals surface area contributed by atoms with Crippen molar-refractivity contribution in [2.24, 2.45) is 0 Å². The van der Waals surface area contributed by atoms with Crippen molar-refractivity contribution < 1.29 is 28.6 Å². The van der Waals surface area contributed by atoms with E-state index in [1.165, 1.54) is 26.4 Å². The molecule has 2 N–H and O–H groups in total. The zero-order chi connectivity index (χ0) is 21.2. The van der Waals surface area contributed by atoms with Crippen LogP contribution in [-0.2, 0) is 14.3 Å². The molecule has 0 saturated heterocycles. The number of carbonyl (C=O) groups is 3. The first-order valence-corrected chi connectivity index (χ1v) is 8.42. The van der Waals surface area contributed by atoms with Gasteiger partial charge in [-0.3, -0.25) is 14.4 Å². The molecule has 2 aromatic rings. The van der Waals surface area contributed by atoms with E-state index in [0.29, 0.717) is 22.7 Å². The molecule has 0 saturated carbocycles. The fourth-order valence-electron chi connectivity index (χ4n) is 2.22. The van der Waals surface area contributed by atoms with Crippen LogP contribution in [0.4, 0.5) is 5.69 Å². The Morgan fingerprint density at radius 3 is 2.17 bits per heavy atom. The van der Waals surface area contributed by atoms with E-state index in [-0.39, 0.29) is 5.56 Å². The van der Waals surface area contributed by atoms with Crippen molar-refractivity contribution in [3.63, 3.8) is 0 Å². The molecule has 0 spiro atoms. The number of amides is 2. The maximum atomic E-state index is 12.2. The molecular weight excluding hydrogens is 378 g/mol. The third-order valence-corrected chi connectivity index (χ3v) is 3.67. The molecule has 9 nitrogen and oxygen atoms in total. The first-order chi connectivity index (χ1) is 13.9. The normalized spacial score (nSPS) is 9.69. The Morgan fingerprint density at radius 2 is 1.62 bits per heavy atom. The fraction of sp³-hybridized carbons (Fsp3) is 0.200. The molecule has 9 heteroatoms. The maximum absolute atomic E-state index is 12.2. The van der Waals surface area contributed by atoms with Crippen molar-refractivity contribution in [3.8, 4) is 17.6 Å². The van der Waals surface area contributed by atoms with Gasteiger partial charge in [0, 0.05) is 17.3 Å². The number of nitrogens with zero attached hydrogens (tertiary/aromatic N) is 1. The van der Waals surface area contributed by atoms with Gasteiger partial charge in [-0.2, -0.15) is 5.26 Å². The van der Waals surface area contributed by atoms with E-state index >= 15 is 0 Å². The summed E-state index contributed by atoms with van der Waals surface area (Å²) >= 11 is 0. The smallest absolute Gasteiger partial charge is 0.325 e. The summed E-state index contributed by atoms with van der Waals surface area (Å²) in [6.45, 7) is -0.926. The van der Waals surface area contributed by atoms with Crippen LogP contribution in [0.3, 0.4) is 0 Å². The van der Waals surface area contributed by atoms with Gasteiger partial charge in [0.1, 0.15) is 18.0 Å². The fourth-order valence-corrected chi connectivity index (χ4v) is 2.22. The zero-order valence-electron chi connectivity index (χ0n) is 15.9. The van der Waals surface area contributed by atoms with Gasteiger partial charge in [-0.25, -0.2) is 0 Å². The molecule has 2 aromatic carbocycles. The van der Waals surface area contributed by atoms with Gasteiger partial charge in [-0.05, 0) is 36.4 Å². The van der Waals surface area contributed by atoms with E-state index in [2.05, 4.69) is 10.6 Å². The Balaban J connectivity index is 1.79. The van der Waals surface area contributed by atoms with Crippen LogP contribution in [0.2, 0.25) is 0 Å². The number of carbonyl (C=O) groups excluding carboxylic acids is 3. The second kappa shape index (κ2) is 10.3. The van der Waals surface area contributed by atoms with Gasteiger partial charge in [-0.1, -0.05) is 0 Å². The average Bonchev–Trinajstić information content (AvgIpc) is 2.76. The molecule has 150 valence electrons. The molecular formula is C20H19N3O6. The van der Waals surface area contributed by atoms with Crippen molar-refractivity contribution in [3.05, 3.63) is 53.6 Å². The van der Waals surface area contributed by atoms with Crippen LogP contribution in [0.25, 0.3) is 0 Å². The maximum Gasteiger partial charge on any atom is 0.325 e. The first kappa shape index (κ1) is 21.2. The summed E-state index contributed by atoms with van der Waals surface area (Å²) in [5.74, 6) is -0.996. The number of nitriles is 1. The summed E-state index contributed by atoms with van der Waals surface area (Å²) in [5.41, 5.74) is 1.16. The predicted molar refractivity (Wildman–Crippen MR) is 103 cm³/mol. The first-order valence-electron chi connectivity index (χ1n) is 8.42. The van der Waals surface area contributed by atoms with Crippen molar-refractivity contribution in [1.29, 1.82) is 5.26 Å². The average molecular weight is 397 g/mol. The van der Waals surface area contributed by atoms with E-state index in [9.17, 15) is 14.4 Å². The van der Waals surface area contributed by atoms with Crippen LogP contribution in [0, 0.1) is 11.3 Å². The highest BCUT2D eigenvalue weighted by Crippen LogP contribution is 2.22. The van der Waals surface area contributed by atoms with Gasteiger partial charge >= 0.3 is 5.97 Å². The molecule has 0 aliphatic rings. The van der Waals surface area contributed by atoms with Crippen LogP contribution in [0.15, 0.2) is 42.5 Å². The van der Waals surface area contributed by atoms with Gasteiger partial charge in [-0.15, -0.1) is 0 Å². The van der Waals surface area contributed by atoms with E-state index in [0.717, 1.165) is 0 Å². The molecule has 0 aliphatic carbocycles. The monoisotopic (exact) mass is 397 g/mol. The highest BCUT2D eigenvalue weighted by molar-refractivity contribution is 5.97. The van der Waals surface area contributed by atoms with Gasteiger partial charge < -0.3 is 24.8 Å². The molecule has 0 radical (unpaired) electrons. The lowest BCUT2D eigenvalue weighted by Crippen LogP contribution is -2.32. The standard InChI is InChI=1S/C20H19N3O6/c1-27-16-7-14(8-17(9-16)28-2)20(26)22-11-19(25)29-12-18(24)23-15-5-3-13(10-21)4-6-15/h3-9H,11-12H2,1-2H3,(H,22,26)(H,23,24). The van der Waals surface area contributed by atoms with E-state index in [1.54, 1.807) is 30.3 Å². The van der Waals surface area contributed by atoms with Crippen molar-refractivity contribution >= 4 is 23.5 Å². The summed E-state index contributed by atoms with van der Waals surface area (Å²) in [7, 11) is 2.91. The van der Waals surface area contributed by atoms with Crippen LogP contribution in [0.5, 0.6) is 11.5 Å². The highest BCUT2D eigenvalue weighted by Gasteiger charge is 2.13. The van der Waals surface area contributed by atoms with Gasteiger partial charge in [0.25, 0.3) is 11.8 Å². The minimum absolute atomic E-state index is 0.243. The molecule has 0 aromatic heterocycles. The second-order valence-electron chi connectivity index (χ2n) is 5.68. The number of nitrogens with one attached hydrogen (secondary N) is 2. The highest BCUT2D eigenvalue weighted by atomic mass is 16.5. The number of ether oxygens (including phenoxy) is 3. The third kappa shape index (κ3) is 6.55. The quantitative estimate of drug-likeness (QED) is 0.646. The van der Waals surface area contributed by atoms with Crippen molar-refractivity contribution in [2.75, 3.05) is 32.7 Å². The molecule has 0 fully saturated rings. The number of methoxy groups -OCH3 is 2. The third-order valence-electron chi connectivity index (χ3n) is 3.67. The number of anilines is 1. The zero-order valence-corrected chi connectivity index (χ0v) is 15.9. The summed E-state index contributed by atoms with van der Waals surface area (Å²) in [6, 6.07) is 12.8. The second-order valence-corrected chi connectivity index (χ2v) is 5.68. The molecule has 0 aliphatic heterocycles.